The lowest BCUT2D eigenvalue weighted by molar-refractivity contribution is -0.117. The minimum atomic E-state index is -0.346. The average molecular weight is 455 g/mol. The number of amides is 2. The van der Waals surface area contributed by atoms with Gasteiger partial charge >= 0.3 is 0 Å². The molecule has 0 spiro atoms. The van der Waals surface area contributed by atoms with Crippen molar-refractivity contribution in [3.05, 3.63) is 76.5 Å². The topological polar surface area (TPSA) is 74.8 Å². The molecule has 1 fully saturated rings. The molecular weight excluding hydrogens is 431 g/mol. The van der Waals surface area contributed by atoms with Crippen LogP contribution in [0.5, 0.6) is 5.75 Å². The first-order valence-electron chi connectivity index (χ1n) is 10.2. The molecule has 3 aromatic rings. The van der Waals surface area contributed by atoms with Gasteiger partial charge < -0.3 is 15.0 Å². The SMILES string of the molecule is O=C(CN1CCN(C(=O)c2ccc(OCc3cscn3)cc2)CC1)Nc1ccc(F)cc1. The van der Waals surface area contributed by atoms with Crippen LogP contribution in [0, 0.1) is 5.82 Å². The van der Waals surface area contributed by atoms with Gasteiger partial charge in [0.25, 0.3) is 5.91 Å². The van der Waals surface area contributed by atoms with Crippen LogP contribution in [-0.4, -0.2) is 59.3 Å². The van der Waals surface area contributed by atoms with Crippen molar-refractivity contribution < 1.29 is 18.7 Å². The number of carbonyl (C=O) groups excluding carboxylic acids is 2. The second kappa shape index (κ2) is 10.3. The normalized spacial score (nSPS) is 14.2. The summed E-state index contributed by atoms with van der Waals surface area (Å²) in [4.78, 5) is 33.0. The Bertz CT molecular complexity index is 1030. The highest BCUT2D eigenvalue weighted by Gasteiger charge is 2.23. The van der Waals surface area contributed by atoms with Crippen molar-refractivity contribution >= 4 is 28.8 Å². The van der Waals surface area contributed by atoms with Crippen LogP contribution in [0.2, 0.25) is 0 Å². The fourth-order valence-electron chi connectivity index (χ4n) is 3.39. The maximum atomic E-state index is 13.0. The lowest BCUT2D eigenvalue weighted by Crippen LogP contribution is -2.50. The van der Waals surface area contributed by atoms with Gasteiger partial charge in [0.15, 0.2) is 0 Å². The molecule has 0 unspecified atom stereocenters. The third kappa shape index (κ3) is 5.89. The molecule has 9 heteroatoms. The zero-order valence-electron chi connectivity index (χ0n) is 17.4. The molecule has 1 aliphatic heterocycles. The lowest BCUT2D eigenvalue weighted by atomic mass is 10.1. The van der Waals surface area contributed by atoms with Crippen LogP contribution in [0.15, 0.2) is 59.4 Å². The van der Waals surface area contributed by atoms with Gasteiger partial charge in [0.1, 0.15) is 18.2 Å². The number of ether oxygens (including phenoxy) is 1. The molecule has 0 aliphatic carbocycles. The molecule has 1 N–H and O–H groups in total. The molecule has 2 heterocycles. The van der Waals surface area contributed by atoms with Gasteiger partial charge in [0.05, 0.1) is 17.7 Å². The summed E-state index contributed by atoms with van der Waals surface area (Å²) >= 11 is 1.52. The minimum Gasteiger partial charge on any atom is -0.487 e. The number of thiazole rings is 1. The van der Waals surface area contributed by atoms with Crippen molar-refractivity contribution in [2.24, 2.45) is 0 Å². The van der Waals surface area contributed by atoms with E-state index in [1.54, 1.807) is 34.7 Å². The molecule has 2 amide bonds. The Morgan fingerprint density at radius 3 is 2.41 bits per heavy atom. The highest BCUT2D eigenvalue weighted by Crippen LogP contribution is 2.17. The number of nitrogens with one attached hydrogen (secondary N) is 1. The third-order valence-corrected chi connectivity index (χ3v) is 5.76. The van der Waals surface area contributed by atoms with Gasteiger partial charge in [0, 0.05) is 42.8 Å². The summed E-state index contributed by atoms with van der Waals surface area (Å²) in [5.74, 6) is 0.143. The Morgan fingerprint density at radius 2 is 1.75 bits per heavy atom. The highest BCUT2D eigenvalue weighted by atomic mass is 32.1. The van der Waals surface area contributed by atoms with E-state index in [0.29, 0.717) is 49.8 Å². The van der Waals surface area contributed by atoms with E-state index in [9.17, 15) is 14.0 Å². The van der Waals surface area contributed by atoms with E-state index < -0.39 is 0 Å². The fraction of sp³-hybridized carbons (Fsp3) is 0.261. The van der Waals surface area contributed by atoms with E-state index in [1.807, 2.05) is 10.3 Å². The van der Waals surface area contributed by atoms with Gasteiger partial charge in [-0.05, 0) is 48.5 Å². The van der Waals surface area contributed by atoms with Gasteiger partial charge in [-0.1, -0.05) is 0 Å². The summed E-state index contributed by atoms with van der Waals surface area (Å²) < 4.78 is 18.7. The minimum absolute atomic E-state index is 0.0357. The van der Waals surface area contributed by atoms with Gasteiger partial charge in [0.2, 0.25) is 5.91 Å². The third-order valence-electron chi connectivity index (χ3n) is 5.13. The van der Waals surface area contributed by atoms with Gasteiger partial charge in [-0.2, -0.15) is 0 Å². The summed E-state index contributed by atoms with van der Waals surface area (Å²) in [6.45, 7) is 2.93. The van der Waals surface area contributed by atoms with Crippen molar-refractivity contribution in [2.45, 2.75) is 6.61 Å². The number of carbonyl (C=O) groups is 2. The summed E-state index contributed by atoms with van der Waals surface area (Å²) in [6.07, 6.45) is 0. The average Bonchev–Trinajstić information content (AvgIpc) is 3.33. The van der Waals surface area contributed by atoms with Crippen LogP contribution >= 0.6 is 11.3 Å². The number of benzene rings is 2. The predicted octanol–water partition coefficient (Wildman–Crippen LogP) is 3.26. The number of piperazine rings is 1. The van der Waals surface area contributed by atoms with E-state index in [2.05, 4.69) is 10.3 Å². The Morgan fingerprint density at radius 1 is 1.03 bits per heavy atom. The monoisotopic (exact) mass is 454 g/mol. The number of hydrogen-bond acceptors (Lipinski definition) is 6. The number of halogens is 1. The Hall–Kier alpha value is -3.30. The summed E-state index contributed by atoms with van der Waals surface area (Å²) in [5, 5.41) is 4.69. The van der Waals surface area contributed by atoms with Crippen molar-refractivity contribution in [1.82, 2.24) is 14.8 Å². The molecule has 0 saturated carbocycles. The fourth-order valence-corrected chi connectivity index (χ4v) is 3.93. The first kappa shape index (κ1) is 21.9. The van der Waals surface area contributed by atoms with Gasteiger partial charge in [-0.25, -0.2) is 9.37 Å². The van der Waals surface area contributed by atoms with Crippen LogP contribution in [0.4, 0.5) is 10.1 Å². The van der Waals surface area contributed by atoms with Crippen molar-refractivity contribution in [3.63, 3.8) is 0 Å². The molecular formula is C23H23FN4O3S. The van der Waals surface area contributed by atoms with E-state index >= 15 is 0 Å². The molecule has 0 atom stereocenters. The van der Waals surface area contributed by atoms with Crippen molar-refractivity contribution in [3.8, 4) is 5.75 Å². The smallest absolute Gasteiger partial charge is 0.253 e. The van der Waals surface area contributed by atoms with Crippen LogP contribution in [0.1, 0.15) is 16.1 Å². The Balaban J connectivity index is 1.22. The second-order valence-electron chi connectivity index (χ2n) is 7.42. The Labute approximate surface area is 189 Å². The van der Waals surface area contributed by atoms with Crippen molar-refractivity contribution in [2.75, 3.05) is 38.0 Å². The molecule has 1 aliphatic rings. The maximum Gasteiger partial charge on any atom is 0.253 e. The molecule has 7 nitrogen and oxygen atoms in total. The van der Waals surface area contributed by atoms with E-state index in [0.717, 1.165) is 5.69 Å². The molecule has 4 rings (SSSR count). The lowest BCUT2D eigenvalue weighted by Gasteiger charge is -2.34. The number of hydrogen-bond donors (Lipinski definition) is 1. The maximum absolute atomic E-state index is 13.0. The van der Waals surface area contributed by atoms with Gasteiger partial charge in [-0.3, -0.25) is 14.5 Å². The number of rotatable bonds is 7. The highest BCUT2D eigenvalue weighted by molar-refractivity contribution is 7.07. The predicted molar refractivity (Wildman–Crippen MR) is 120 cm³/mol. The van der Waals surface area contributed by atoms with Crippen LogP contribution in [0.25, 0.3) is 0 Å². The molecule has 2 aromatic carbocycles. The quantitative estimate of drug-likeness (QED) is 0.593. The van der Waals surface area contributed by atoms with Crippen LogP contribution in [-0.2, 0) is 11.4 Å². The summed E-state index contributed by atoms with van der Waals surface area (Å²) in [6, 6.07) is 12.8. The largest absolute Gasteiger partial charge is 0.487 e. The number of nitrogens with zero attached hydrogens (tertiary/aromatic N) is 3. The van der Waals surface area contributed by atoms with Gasteiger partial charge in [-0.15, -0.1) is 11.3 Å². The van der Waals surface area contributed by atoms with Crippen LogP contribution < -0.4 is 10.1 Å². The first-order valence-corrected chi connectivity index (χ1v) is 11.2. The zero-order valence-corrected chi connectivity index (χ0v) is 18.2. The summed E-state index contributed by atoms with van der Waals surface area (Å²) in [5.41, 5.74) is 3.80. The first-order chi connectivity index (χ1) is 15.6. The zero-order chi connectivity index (χ0) is 22.3. The molecule has 1 aromatic heterocycles. The molecule has 0 bridgehead atoms. The van der Waals surface area contributed by atoms with E-state index in [1.165, 1.54) is 35.6 Å². The molecule has 0 radical (unpaired) electrons. The standard InChI is InChI=1S/C23H23FN4O3S/c24-18-3-5-19(6-4-18)26-22(29)13-27-9-11-28(12-10-27)23(30)17-1-7-21(8-2-17)31-14-20-15-32-16-25-20/h1-8,15-16H,9-14H2,(H,26,29). The number of anilines is 1. The second-order valence-corrected chi connectivity index (χ2v) is 8.13. The Kier molecular flexibility index (Phi) is 7.08. The molecule has 166 valence electrons. The van der Waals surface area contributed by atoms with E-state index in [4.69, 9.17) is 4.74 Å². The number of aromatic nitrogens is 1. The van der Waals surface area contributed by atoms with Crippen LogP contribution in [0.3, 0.4) is 0 Å². The molecule has 1 saturated heterocycles. The summed E-state index contributed by atoms with van der Waals surface area (Å²) in [7, 11) is 0. The molecule has 32 heavy (non-hydrogen) atoms. The van der Waals surface area contributed by atoms with E-state index in [-0.39, 0.29) is 24.2 Å². The van der Waals surface area contributed by atoms with Crippen molar-refractivity contribution in [1.29, 1.82) is 0 Å².